The Morgan fingerprint density at radius 2 is 2.07 bits per heavy atom. The van der Waals surface area contributed by atoms with Gasteiger partial charge in [-0.3, -0.25) is 9.59 Å². The van der Waals surface area contributed by atoms with Crippen LogP contribution in [0, 0.1) is 11.3 Å². The van der Waals surface area contributed by atoms with Crippen molar-refractivity contribution in [1.82, 2.24) is 4.90 Å². The van der Waals surface area contributed by atoms with E-state index >= 15 is 0 Å². The van der Waals surface area contributed by atoms with Crippen LogP contribution in [-0.4, -0.2) is 35.0 Å². The predicted octanol–water partition coefficient (Wildman–Crippen LogP) is 0.612. The lowest BCUT2D eigenvalue weighted by Gasteiger charge is -2.22. The molecule has 78 valence electrons. The van der Waals surface area contributed by atoms with E-state index in [1.54, 1.807) is 14.0 Å². The molecule has 5 nitrogen and oxygen atoms in total. The number of amides is 1. The lowest BCUT2D eigenvalue weighted by atomic mass is 10.2. The molecular weight excluding hydrogens is 184 g/mol. The molecule has 0 aliphatic carbocycles. The molecule has 0 aliphatic rings. The summed E-state index contributed by atoms with van der Waals surface area (Å²) in [4.78, 5) is 22.9. The molecule has 0 fully saturated rings. The minimum atomic E-state index is -0.986. The zero-order valence-corrected chi connectivity index (χ0v) is 8.36. The molecular formula is C9H14N2O3. The maximum absolute atomic E-state index is 11.3. The van der Waals surface area contributed by atoms with Gasteiger partial charge in [0.2, 0.25) is 5.91 Å². The van der Waals surface area contributed by atoms with Gasteiger partial charge in [-0.15, -0.1) is 0 Å². The zero-order chi connectivity index (χ0) is 11.1. The Balaban J connectivity index is 3.99. The van der Waals surface area contributed by atoms with Gasteiger partial charge in [0.15, 0.2) is 0 Å². The SMILES string of the molecule is CC(CC#N)N(C)C(=O)CCC(=O)O. The highest BCUT2D eigenvalue weighted by molar-refractivity contribution is 5.80. The summed E-state index contributed by atoms with van der Waals surface area (Å²) >= 11 is 0. The van der Waals surface area contributed by atoms with Crippen molar-refractivity contribution in [3.8, 4) is 6.07 Å². The summed E-state index contributed by atoms with van der Waals surface area (Å²) in [5, 5.41) is 16.8. The van der Waals surface area contributed by atoms with Crippen molar-refractivity contribution in [3.63, 3.8) is 0 Å². The Bertz CT molecular complexity index is 257. The van der Waals surface area contributed by atoms with Gasteiger partial charge in [-0.25, -0.2) is 0 Å². The molecule has 1 atom stereocenters. The van der Waals surface area contributed by atoms with Crippen LogP contribution in [0.5, 0.6) is 0 Å². The second-order valence-electron chi connectivity index (χ2n) is 3.11. The number of carbonyl (C=O) groups excluding carboxylic acids is 1. The summed E-state index contributed by atoms with van der Waals surface area (Å²) in [6, 6.07) is 1.79. The maximum atomic E-state index is 11.3. The van der Waals surface area contributed by atoms with Crippen LogP contribution in [0.25, 0.3) is 0 Å². The van der Waals surface area contributed by atoms with Gasteiger partial charge in [-0.2, -0.15) is 5.26 Å². The van der Waals surface area contributed by atoms with Gasteiger partial charge < -0.3 is 10.0 Å². The molecule has 0 aromatic heterocycles. The second kappa shape index (κ2) is 5.97. The van der Waals surface area contributed by atoms with Crippen molar-refractivity contribution in [2.75, 3.05) is 7.05 Å². The molecule has 0 spiro atoms. The van der Waals surface area contributed by atoms with Crippen LogP contribution in [0.2, 0.25) is 0 Å². The molecule has 0 rings (SSSR count). The number of carboxylic acids is 1. The summed E-state index contributed by atoms with van der Waals surface area (Å²) in [6.07, 6.45) is 0.0827. The molecule has 0 saturated heterocycles. The molecule has 0 saturated carbocycles. The number of aliphatic carboxylic acids is 1. The summed E-state index contributed by atoms with van der Waals surface area (Å²) in [5.41, 5.74) is 0. The van der Waals surface area contributed by atoms with Crippen LogP contribution >= 0.6 is 0 Å². The fourth-order valence-electron chi connectivity index (χ4n) is 0.905. The lowest BCUT2D eigenvalue weighted by molar-refractivity contribution is -0.141. The molecule has 1 unspecified atom stereocenters. The van der Waals surface area contributed by atoms with E-state index in [1.165, 1.54) is 4.90 Å². The van der Waals surface area contributed by atoms with Crippen LogP contribution in [0.15, 0.2) is 0 Å². The van der Waals surface area contributed by atoms with E-state index in [2.05, 4.69) is 0 Å². The number of carboxylic acid groups (broad SMARTS) is 1. The number of hydrogen-bond acceptors (Lipinski definition) is 3. The number of carbonyl (C=O) groups is 2. The Morgan fingerprint density at radius 1 is 1.50 bits per heavy atom. The van der Waals surface area contributed by atoms with Crippen molar-refractivity contribution in [2.45, 2.75) is 32.2 Å². The van der Waals surface area contributed by atoms with Gasteiger partial charge in [-0.05, 0) is 6.92 Å². The zero-order valence-electron chi connectivity index (χ0n) is 8.36. The fraction of sp³-hybridized carbons (Fsp3) is 0.667. The van der Waals surface area contributed by atoms with Gasteiger partial charge in [0.25, 0.3) is 0 Å². The van der Waals surface area contributed by atoms with Crippen LogP contribution in [0.1, 0.15) is 26.2 Å². The Labute approximate surface area is 82.9 Å². The van der Waals surface area contributed by atoms with E-state index in [0.29, 0.717) is 0 Å². The van der Waals surface area contributed by atoms with Crippen molar-refractivity contribution in [3.05, 3.63) is 0 Å². The van der Waals surface area contributed by atoms with Gasteiger partial charge >= 0.3 is 5.97 Å². The highest BCUT2D eigenvalue weighted by atomic mass is 16.4. The summed E-state index contributed by atoms with van der Waals surface area (Å²) in [7, 11) is 1.58. The number of nitrogens with zero attached hydrogens (tertiary/aromatic N) is 2. The van der Waals surface area contributed by atoms with E-state index in [1.807, 2.05) is 6.07 Å². The first-order chi connectivity index (χ1) is 6.49. The van der Waals surface area contributed by atoms with E-state index in [0.717, 1.165) is 0 Å². The second-order valence-corrected chi connectivity index (χ2v) is 3.11. The largest absolute Gasteiger partial charge is 0.481 e. The quantitative estimate of drug-likeness (QED) is 0.701. The Kier molecular flexibility index (Phi) is 5.30. The summed E-state index contributed by atoms with van der Waals surface area (Å²) in [5.74, 6) is -1.23. The van der Waals surface area contributed by atoms with Gasteiger partial charge in [0, 0.05) is 19.5 Å². The minimum Gasteiger partial charge on any atom is -0.481 e. The van der Waals surface area contributed by atoms with Crippen molar-refractivity contribution in [1.29, 1.82) is 5.26 Å². The van der Waals surface area contributed by atoms with Crippen molar-refractivity contribution >= 4 is 11.9 Å². The molecule has 0 aliphatic heterocycles. The Hall–Kier alpha value is -1.57. The summed E-state index contributed by atoms with van der Waals surface area (Å²) in [6.45, 7) is 1.75. The van der Waals surface area contributed by atoms with Crippen molar-refractivity contribution in [2.24, 2.45) is 0 Å². The van der Waals surface area contributed by atoms with E-state index in [9.17, 15) is 9.59 Å². The average Bonchev–Trinajstić information content (AvgIpc) is 2.13. The van der Waals surface area contributed by atoms with Crippen LogP contribution in [-0.2, 0) is 9.59 Å². The molecule has 14 heavy (non-hydrogen) atoms. The molecule has 1 amide bonds. The molecule has 0 heterocycles. The minimum absolute atomic E-state index is 0.0123. The summed E-state index contributed by atoms with van der Waals surface area (Å²) < 4.78 is 0. The van der Waals surface area contributed by atoms with Crippen LogP contribution < -0.4 is 0 Å². The molecule has 0 bridgehead atoms. The first-order valence-electron chi connectivity index (χ1n) is 4.33. The first-order valence-corrected chi connectivity index (χ1v) is 4.33. The van der Waals surface area contributed by atoms with Crippen molar-refractivity contribution < 1.29 is 14.7 Å². The normalized spacial score (nSPS) is 11.5. The van der Waals surface area contributed by atoms with Crippen LogP contribution in [0.3, 0.4) is 0 Å². The van der Waals surface area contributed by atoms with E-state index in [-0.39, 0.29) is 31.2 Å². The average molecular weight is 198 g/mol. The lowest BCUT2D eigenvalue weighted by Crippen LogP contribution is -2.34. The highest BCUT2D eigenvalue weighted by Gasteiger charge is 2.15. The first kappa shape index (κ1) is 12.4. The third-order valence-electron chi connectivity index (χ3n) is 1.99. The van der Waals surface area contributed by atoms with Gasteiger partial charge in [0.05, 0.1) is 18.9 Å². The number of hydrogen-bond donors (Lipinski definition) is 1. The number of rotatable bonds is 5. The maximum Gasteiger partial charge on any atom is 0.303 e. The van der Waals surface area contributed by atoms with Gasteiger partial charge in [0.1, 0.15) is 0 Å². The third kappa shape index (κ3) is 4.45. The number of nitriles is 1. The molecule has 0 aromatic rings. The smallest absolute Gasteiger partial charge is 0.303 e. The van der Waals surface area contributed by atoms with Crippen LogP contribution in [0.4, 0.5) is 0 Å². The highest BCUT2D eigenvalue weighted by Crippen LogP contribution is 2.04. The predicted molar refractivity (Wildman–Crippen MR) is 49.3 cm³/mol. The topological polar surface area (TPSA) is 81.4 Å². The standard InChI is InChI=1S/C9H14N2O3/c1-7(5-6-10)11(2)8(12)3-4-9(13)14/h7H,3-5H2,1-2H3,(H,13,14). The Morgan fingerprint density at radius 3 is 2.50 bits per heavy atom. The molecule has 5 heteroatoms. The van der Waals surface area contributed by atoms with E-state index < -0.39 is 5.97 Å². The molecule has 1 N–H and O–H groups in total. The fourth-order valence-corrected chi connectivity index (χ4v) is 0.905. The van der Waals surface area contributed by atoms with Gasteiger partial charge in [-0.1, -0.05) is 0 Å². The third-order valence-corrected chi connectivity index (χ3v) is 1.99. The van der Waals surface area contributed by atoms with E-state index in [4.69, 9.17) is 10.4 Å². The monoisotopic (exact) mass is 198 g/mol. The molecule has 0 radical (unpaired) electrons. The molecule has 0 aromatic carbocycles.